The molecule has 0 aromatic heterocycles. The topological polar surface area (TPSA) is 122 Å². The van der Waals surface area contributed by atoms with E-state index in [1.54, 1.807) is 0 Å². The number of anilines is 1. The third-order valence-corrected chi connectivity index (χ3v) is 7.43. The van der Waals surface area contributed by atoms with Crippen molar-refractivity contribution in [2.75, 3.05) is 11.9 Å². The number of imide groups is 1. The molecule has 2 aromatic rings. The van der Waals surface area contributed by atoms with Crippen molar-refractivity contribution in [2.45, 2.75) is 44.7 Å². The molecule has 3 heterocycles. The Morgan fingerprint density at radius 2 is 1.82 bits per heavy atom. The fourth-order valence-electron chi connectivity index (χ4n) is 5.97. The first-order valence-electron chi connectivity index (χ1n) is 11.6. The van der Waals surface area contributed by atoms with Crippen molar-refractivity contribution >= 4 is 29.3 Å². The van der Waals surface area contributed by atoms with E-state index in [4.69, 9.17) is 5.73 Å². The molecule has 0 bridgehead atoms. The van der Waals surface area contributed by atoms with Gasteiger partial charge in [0.05, 0.1) is 11.8 Å². The van der Waals surface area contributed by atoms with Gasteiger partial charge in [-0.1, -0.05) is 48.0 Å². The Balaban J connectivity index is 1.55. The number of nitrogens with two attached hydrogens (primary N) is 1. The van der Waals surface area contributed by atoms with Crippen LogP contribution in [0, 0.1) is 25.7 Å². The molecule has 2 fully saturated rings. The van der Waals surface area contributed by atoms with E-state index in [1.807, 2.05) is 56.3 Å². The molecule has 176 valence electrons. The maximum atomic E-state index is 13.8. The third kappa shape index (κ3) is 3.24. The van der Waals surface area contributed by atoms with Crippen LogP contribution in [0.25, 0.3) is 0 Å². The molecule has 1 spiro atoms. The van der Waals surface area contributed by atoms with Gasteiger partial charge in [-0.25, -0.2) is 0 Å². The highest BCUT2D eigenvalue weighted by Crippen LogP contribution is 2.54. The van der Waals surface area contributed by atoms with Gasteiger partial charge in [-0.15, -0.1) is 0 Å². The fourth-order valence-corrected chi connectivity index (χ4v) is 5.97. The molecule has 3 aliphatic rings. The van der Waals surface area contributed by atoms with Crippen LogP contribution in [-0.2, 0) is 31.1 Å². The molecule has 2 saturated heterocycles. The van der Waals surface area contributed by atoms with Crippen LogP contribution in [-0.4, -0.2) is 41.1 Å². The van der Waals surface area contributed by atoms with Crippen LogP contribution in [0.15, 0.2) is 42.5 Å². The predicted molar refractivity (Wildman–Crippen MR) is 125 cm³/mol. The zero-order valence-electron chi connectivity index (χ0n) is 19.3. The molecule has 4 N–H and O–H groups in total. The Kier molecular flexibility index (Phi) is 5.28. The summed E-state index contributed by atoms with van der Waals surface area (Å²) in [7, 11) is 0. The first-order chi connectivity index (χ1) is 16.2. The van der Waals surface area contributed by atoms with Crippen molar-refractivity contribution in [3.8, 4) is 0 Å². The van der Waals surface area contributed by atoms with Crippen LogP contribution in [0.2, 0.25) is 0 Å². The summed E-state index contributed by atoms with van der Waals surface area (Å²) in [5.74, 6) is -3.08. The quantitative estimate of drug-likeness (QED) is 0.565. The first-order valence-corrected chi connectivity index (χ1v) is 11.6. The lowest BCUT2D eigenvalue weighted by Gasteiger charge is -2.30. The molecule has 0 radical (unpaired) electrons. The van der Waals surface area contributed by atoms with Crippen LogP contribution in [0.3, 0.4) is 0 Å². The molecule has 5 rings (SSSR count). The zero-order chi connectivity index (χ0) is 24.2. The summed E-state index contributed by atoms with van der Waals surface area (Å²) < 4.78 is 0. The van der Waals surface area contributed by atoms with Crippen LogP contribution in [0.5, 0.6) is 0 Å². The number of benzene rings is 2. The normalized spacial score (nSPS) is 27.3. The second kappa shape index (κ2) is 8.06. The number of fused-ring (bicyclic) bond motifs is 4. The third-order valence-electron chi connectivity index (χ3n) is 7.43. The molecule has 0 unspecified atom stereocenters. The number of aryl methyl sites for hydroxylation is 2. The highest BCUT2D eigenvalue weighted by molar-refractivity contribution is 6.15. The standard InChI is InChI=1S/C26H28N4O4/c1-14-12-15(2)22-17(13-14)26(25(34)28-22)21-20(18(29-26)8-9-19(27)31)23(32)30(24(21)33)11-10-16-6-4-3-5-7-16/h3-7,12-13,18,20-21,29H,8-11H2,1-2H3,(H2,27,31)(H,28,34)/t18-,20+,21-,26+/m0/s1. The van der Waals surface area contributed by atoms with E-state index >= 15 is 0 Å². The number of rotatable bonds is 6. The fraction of sp³-hybridized carbons (Fsp3) is 0.385. The minimum Gasteiger partial charge on any atom is -0.370 e. The number of carbonyl (C=O) groups excluding carboxylic acids is 4. The number of carbonyl (C=O) groups is 4. The molecule has 0 saturated carbocycles. The number of nitrogens with one attached hydrogen (secondary N) is 2. The Hall–Kier alpha value is -3.52. The molecule has 3 aliphatic heterocycles. The molecule has 2 aromatic carbocycles. The van der Waals surface area contributed by atoms with Crippen molar-refractivity contribution in [1.29, 1.82) is 0 Å². The average molecular weight is 461 g/mol. The smallest absolute Gasteiger partial charge is 0.250 e. The lowest BCUT2D eigenvalue weighted by Crippen LogP contribution is -2.53. The number of nitrogens with zero attached hydrogens (tertiary/aromatic N) is 1. The van der Waals surface area contributed by atoms with E-state index in [2.05, 4.69) is 10.6 Å². The van der Waals surface area contributed by atoms with Crippen molar-refractivity contribution in [3.05, 3.63) is 64.7 Å². The van der Waals surface area contributed by atoms with Crippen LogP contribution < -0.4 is 16.4 Å². The van der Waals surface area contributed by atoms with Crippen LogP contribution in [0.1, 0.15) is 35.1 Å². The molecule has 4 amide bonds. The molecule has 0 aliphatic carbocycles. The molecule has 8 nitrogen and oxygen atoms in total. The number of hydrogen-bond acceptors (Lipinski definition) is 5. The summed E-state index contributed by atoms with van der Waals surface area (Å²) in [6.07, 6.45) is 0.867. The first kappa shape index (κ1) is 22.3. The van der Waals surface area contributed by atoms with Gasteiger partial charge in [0.15, 0.2) is 0 Å². The molecule has 4 atom stereocenters. The monoisotopic (exact) mass is 460 g/mol. The van der Waals surface area contributed by atoms with Gasteiger partial charge in [0.2, 0.25) is 23.6 Å². The van der Waals surface area contributed by atoms with Crippen molar-refractivity contribution in [2.24, 2.45) is 17.6 Å². The molecule has 34 heavy (non-hydrogen) atoms. The van der Waals surface area contributed by atoms with Crippen molar-refractivity contribution in [1.82, 2.24) is 10.2 Å². The second-order valence-corrected chi connectivity index (χ2v) is 9.59. The molecular formula is C26H28N4O4. The number of likely N-dealkylation sites (tertiary alicyclic amines) is 1. The highest BCUT2D eigenvalue weighted by atomic mass is 16.2. The van der Waals surface area contributed by atoms with E-state index < -0.39 is 29.3 Å². The Bertz CT molecular complexity index is 1210. The van der Waals surface area contributed by atoms with Gasteiger partial charge < -0.3 is 11.1 Å². The SMILES string of the molecule is Cc1cc(C)c2c(c1)[C@]1(N[C@@H](CCC(N)=O)[C@H]3C(=O)N(CCc4ccccc4)C(=O)[C@H]31)C(=O)N2. The largest absolute Gasteiger partial charge is 0.370 e. The van der Waals surface area contributed by atoms with Gasteiger partial charge in [0.1, 0.15) is 5.54 Å². The van der Waals surface area contributed by atoms with Gasteiger partial charge in [-0.3, -0.25) is 29.4 Å². The summed E-state index contributed by atoms with van der Waals surface area (Å²) in [4.78, 5) is 53.7. The Morgan fingerprint density at radius 3 is 2.53 bits per heavy atom. The highest BCUT2D eigenvalue weighted by Gasteiger charge is 2.70. The van der Waals surface area contributed by atoms with E-state index in [0.717, 1.165) is 16.7 Å². The van der Waals surface area contributed by atoms with Gasteiger partial charge in [0.25, 0.3) is 0 Å². The number of amides is 4. The summed E-state index contributed by atoms with van der Waals surface area (Å²) >= 11 is 0. The van der Waals surface area contributed by atoms with Crippen molar-refractivity contribution < 1.29 is 19.2 Å². The average Bonchev–Trinajstić information content (AvgIpc) is 3.37. The maximum absolute atomic E-state index is 13.8. The van der Waals surface area contributed by atoms with E-state index in [0.29, 0.717) is 17.7 Å². The zero-order valence-corrected chi connectivity index (χ0v) is 19.3. The van der Waals surface area contributed by atoms with Crippen LogP contribution in [0.4, 0.5) is 5.69 Å². The van der Waals surface area contributed by atoms with E-state index in [9.17, 15) is 19.2 Å². The Morgan fingerprint density at radius 1 is 1.09 bits per heavy atom. The van der Waals surface area contributed by atoms with Crippen LogP contribution >= 0.6 is 0 Å². The van der Waals surface area contributed by atoms with E-state index in [-0.39, 0.29) is 37.1 Å². The maximum Gasteiger partial charge on any atom is 0.250 e. The lowest BCUT2D eigenvalue weighted by atomic mass is 9.75. The number of hydrogen-bond donors (Lipinski definition) is 3. The van der Waals surface area contributed by atoms with Gasteiger partial charge in [-0.2, -0.15) is 0 Å². The minimum atomic E-state index is -1.35. The predicted octanol–water partition coefficient (Wildman–Crippen LogP) is 1.53. The summed E-state index contributed by atoms with van der Waals surface area (Å²) in [5.41, 5.74) is 8.29. The van der Waals surface area contributed by atoms with Gasteiger partial charge >= 0.3 is 0 Å². The van der Waals surface area contributed by atoms with E-state index in [1.165, 1.54) is 4.90 Å². The second-order valence-electron chi connectivity index (χ2n) is 9.59. The van der Waals surface area contributed by atoms with Crippen molar-refractivity contribution in [3.63, 3.8) is 0 Å². The molecule has 8 heteroatoms. The summed E-state index contributed by atoms with van der Waals surface area (Å²) in [5, 5.41) is 6.31. The minimum absolute atomic E-state index is 0.0593. The summed E-state index contributed by atoms with van der Waals surface area (Å²) in [6.45, 7) is 4.10. The Labute approximate surface area is 197 Å². The summed E-state index contributed by atoms with van der Waals surface area (Å²) in [6, 6.07) is 13.0. The lowest BCUT2D eigenvalue weighted by molar-refractivity contribution is -0.142. The van der Waals surface area contributed by atoms with Gasteiger partial charge in [0, 0.05) is 30.3 Å². The number of primary amides is 1. The van der Waals surface area contributed by atoms with Gasteiger partial charge in [-0.05, 0) is 37.8 Å². The molecular weight excluding hydrogens is 432 g/mol.